The number of carbonyl (C=O) groups excluding carboxylic acids is 1. The molecule has 8 nitrogen and oxygen atoms in total. The number of aromatic nitrogens is 4. The Morgan fingerprint density at radius 3 is 3.03 bits per heavy atom. The van der Waals surface area contributed by atoms with Gasteiger partial charge in [0.2, 0.25) is 0 Å². The highest BCUT2D eigenvalue weighted by Gasteiger charge is 2.27. The first-order valence-electron chi connectivity index (χ1n) is 11.8. The zero-order chi connectivity index (χ0) is 25.2. The predicted molar refractivity (Wildman–Crippen MR) is 137 cm³/mol. The van der Waals surface area contributed by atoms with E-state index in [1.54, 1.807) is 31.6 Å². The number of pyridine rings is 1. The van der Waals surface area contributed by atoms with Gasteiger partial charge in [0, 0.05) is 43.0 Å². The van der Waals surface area contributed by atoms with E-state index >= 15 is 0 Å². The van der Waals surface area contributed by atoms with E-state index in [2.05, 4.69) is 25.3 Å². The number of halogens is 2. The number of piperidine rings is 1. The Hall–Kier alpha value is -3.72. The minimum absolute atomic E-state index is 0.0534. The number of aromatic amines is 1. The van der Waals surface area contributed by atoms with E-state index in [1.807, 2.05) is 24.0 Å². The lowest BCUT2D eigenvalue weighted by Crippen LogP contribution is -2.42. The fraction of sp³-hybridized carbons (Fsp3) is 0.308. The van der Waals surface area contributed by atoms with Gasteiger partial charge in [-0.25, -0.2) is 19.3 Å². The number of nitrogens with one attached hydrogen (secondary N) is 2. The zero-order valence-corrected chi connectivity index (χ0v) is 20.8. The van der Waals surface area contributed by atoms with E-state index < -0.39 is 5.82 Å². The van der Waals surface area contributed by atoms with Crippen LogP contribution < -0.4 is 10.1 Å². The van der Waals surface area contributed by atoms with Crippen LogP contribution in [0, 0.1) is 18.7 Å². The summed E-state index contributed by atoms with van der Waals surface area (Å²) >= 11 is 6.10. The number of hydrogen-bond acceptors (Lipinski definition) is 6. The molecule has 10 heteroatoms. The van der Waals surface area contributed by atoms with Gasteiger partial charge in [-0.2, -0.15) is 0 Å². The number of aryl methyl sites for hydroxylation is 1. The molecule has 1 atom stereocenters. The molecule has 1 unspecified atom stereocenters. The third kappa shape index (κ3) is 4.70. The Morgan fingerprint density at radius 1 is 1.33 bits per heavy atom. The summed E-state index contributed by atoms with van der Waals surface area (Å²) in [6.45, 7) is 3.64. The first-order chi connectivity index (χ1) is 17.4. The topological polar surface area (TPSA) is 96.0 Å². The molecule has 3 aromatic heterocycles. The van der Waals surface area contributed by atoms with Gasteiger partial charge in [-0.15, -0.1) is 0 Å². The summed E-state index contributed by atoms with van der Waals surface area (Å²) in [7, 11) is 1.58. The zero-order valence-electron chi connectivity index (χ0n) is 20.0. The molecule has 2 N–H and O–H groups in total. The lowest BCUT2D eigenvalue weighted by molar-refractivity contribution is 0.0676. The molecule has 0 aliphatic carbocycles. The van der Waals surface area contributed by atoms with Crippen LogP contribution in [0.3, 0.4) is 0 Å². The molecule has 5 rings (SSSR count). The van der Waals surface area contributed by atoms with Crippen molar-refractivity contribution in [2.75, 3.05) is 32.1 Å². The van der Waals surface area contributed by atoms with Gasteiger partial charge in [-0.05, 0) is 43.4 Å². The van der Waals surface area contributed by atoms with E-state index in [1.165, 1.54) is 0 Å². The molecule has 1 aliphatic rings. The van der Waals surface area contributed by atoms with Gasteiger partial charge in [0.25, 0.3) is 5.91 Å². The number of carbonyl (C=O) groups is 1. The van der Waals surface area contributed by atoms with Crippen molar-refractivity contribution in [1.82, 2.24) is 24.8 Å². The number of likely N-dealkylation sites (tertiary alicyclic amines) is 1. The number of benzene rings is 1. The molecule has 186 valence electrons. The average molecular weight is 509 g/mol. The molecule has 1 aliphatic heterocycles. The summed E-state index contributed by atoms with van der Waals surface area (Å²) in [5, 5.41) is 4.38. The third-order valence-corrected chi connectivity index (χ3v) is 6.70. The van der Waals surface area contributed by atoms with E-state index in [0.29, 0.717) is 53.0 Å². The second kappa shape index (κ2) is 10.1. The number of ether oxygens (including phenoxy) is 1. The number of rotatable bonds is 6. The first-order valence-corrected chi connectivity index (χ1v) is 12.1. The van der Waals surface area contributed by atoms with Crippen LogP contribution in [-0.4, -0.2) is 57.5 Å². The smallest absolute Gasteiger partial charge is 0.257 e. The normalized spacial score (nSPS) is 15.8. The fourth-order valence-corrected chi connectivity index (χ4v) is 4.86. The summed E-state index contributed by atoms with van der Waals surface area (Å²) in [6.07, 6.45) is 6.23. The van der Waals surface area contributed by atoms with Gasteiger partial charge in [-0.3, -0.25) is 4.79 Å². The lowest BCUT2D eigenvalue weighted by atomic mass is 9.97. The number of fused-ring (bicyclic) bond motifs is 1. The molecular formula is C26H26ClFN6O2. The van der Waals surface area contributed by atoms with E-state index in [9.17, 15) is 9.18 Å². The highest BCUT2D eigenvalue weighted by Crippen LogP contribution is 2.29. The number of nitrogens with zero attached hydrogens (tertiary/aromatic N) is 4. The summed E-state index contributed by atoms with van der Waals surface area (Å²) in [5.41, 5.74) is 2.81. The Kier molecular flexibility index (Phi) is 6.73. The monoisotopic (exact) mass is 508 g/mol. The van der Waals surface area contributed by atoms with Gasteiger partial charge in [0.05, 0.1) is 23.9 Å². The summed E-state index contributed by atoms with van der Waals surface area (Å²) in [6, 6.07) is 7.35. The van der Waals surface area contributed by atoms with Crippen molar-refractivity contribution in [3.05, 3.63) is 64.8 Å². The van der Waals surface area contributed by atoms with Gasteiger partial charge < -0.3 is 19.9 Å². The minimum atomic E-state index is -0.539. The molecule has 1 saturated heterocycles. The maximum atomic E-state index is 14.6. The maximum absolute atomic E-state index is 14.6. The summed E-state index contributed by atoms with van der Waals surface area (Å²) < 4.78 is 20.1. The van der Waals surface area contributed by atoms with Crippen molar-refractivity contribution in [3.8, 4) is 17.1 Å². The number of amides is 1. The van der Waals surface area contributed by atoms with Crippen molar-refractivity contribution < 1.29 is 13.9 Å². The van der Waals surface area contributed by atoms with Crippen molar-refractivity contribution in [3.63, 3.8) is 0 Å². The third-order valence-electron chi connectivity index (χ3n) is 6.49. The molecular weight excluding hydrogens is 483 g/mol. The molecule has 36 heavy (non-hydrogen) atoms. The first kappa shape index (κ1) is 24.0. The highest BCUT2D eigenvalue weighted by atomic mass is 35.5. The van der Waals surface area contributed by atoms with Gasteiger partial charge in [0.15, 0.2) is 17.5 Å². The Morgan fingerprint density at radius 2 is 2.19 bits per heavy atom. The van der Waals surface area contributed by atoms with Crippen LogP contribution in [0.4, 0.5) is 10.2 Å². The van der Waals surface area contributed by atoms with Gasteiger partial charge in [0.1, 0.15) is 11.4 Å². The quantitative estimate of drug-likeness (QED) is 0.376. The number of methoxy groups -OCH3 is 1. The molecule has 0 saturated carbocycles. The van der Waals surface area contributed by atoms with Crippen LogP contribution >= 0.6 is 11.6 Å². The maximum Gasteiger partial charge on any atom is 0.257 e. The van der Waals surface area contributed by atoms with Crippen LogP contribution in [-0.2, 0) is 0 Å². The fourth-order valence-electron chi connectivity index (χ4n) is 4.70. The van der Waals surface area contributed by atoms with E-state index in [-0.39, 0.29) is 17.6 Å². The molecule has 0 bridgehead atoms. The molecule has 1 amide bonds. The van der Waals surface area contributed by atoms with Gasteiger partial charge >= 0.3 is 0 Å². The second-order valence-corrected chi connectivity index (χ2v) is 9.37. The van der Waals surface area contributed by atoms with Crippen molar-refractivity contribution in [2.45, 2.75) is 19.8 Å². The molecule has 1 aromatic carbocycles. The Labute approximate surface area is 212 Å². The lowest BCUT2D eigenvalue weighted by Gasteiger charge is -2.33. The number of anilines is 1. The van der Waals surface area contributed by atoms with Crippen LogP contribution in [0.1, 0.15) is 28.8 Å². The molecule has 4 aromatic rings. The van der Waals surface area contributed by atoms with Crippen LogP contribution in [0.2, 0.25) is 5.02 Å². The largest absolute Gasteiger partial charge is 0.496 e. The van der Waals surface area contributed by atoms with Gasteiger partial charge in [-0.1, -0.05) is 23.7 Å². The van der Waals surface area contributed by atoms with Crippen molar-refractivity contribution in [2.24, 2.45) is 5.92 Å². The summed E-state index contributed by atoms with van der Waals surface area (Å²) in [4.78, 5) is 31.0. The highest BCUT2D eigenvalue weighted by molar-refractivity contribution is 6.31. The molecule has 0 spiro atoms. The van der Waals surface area contributed by atoms with E-state index in [0.717, 1.165) is 30.0 Å². The van der Waals surface area contributed by atoms with Crippen molar-refractivity contribution >= 4 is 34.4 Å². The molecule has 0 radical (unpaired) electrons. The Balaban J connectivity index is 1.30. The standard InChI is InChI=1S/C26H26ClFN6O2/c1-15-5-3-7-18(22(15)36-2)26(35)34-8-4-6-16(14-34)10-29-25-21(28)13-32-24(33-25)20-12-31-23-19(20)9-17(27)11-30-23/h3,5,7,9,11-13,16H,4,6,8,10,14H2,1-2H3,(H,30,31)(H,29,32,33). The molecule has 4 heterocycles. The molecule has 1 fully saturated rings. The predicted octanol–water partition coefficient (Wildman–Crippen LogP) is 5.09. The number of hydrogen-bond donors (Lipinski definition) is 2. The van der Waals surface area contributed by atoms with Crippen LogP contribution in [0.25, 0.3) is 22.4 Å². The summed E-state index contributed by atoms with van der Waals surface area (Å²) in [5.74, 6) is 0.638. The van der Waals surface area contributed by atoms with Crippen molar-refractivity contribution in [1.29, 1.82) is 0 Å². The Bertz CT molecular complexity index is 1430. The SMILES string of the molecule is COc1c(C)cccc1C(=O)N1CCCC(CNc2nc(-c3c[nH]c4ncc(Cl)cc34)ncc2F)C1. The average Bonchev–Trinajstić information content (AvgIpc) is 3.31. The van der Waals surface area contributed by atoms with E-state index in [4.69, 9.17) is 16.3 Å². The second-order valence-electron chi connectivity index (χ2n) is 8.94. The minimum Gasteiger partial charge on any atom is -0.496 e. The van der Waals surface area contributed by atoms with Crippen LogP contribution in [0.15, 0.2) is 42.9 Å². The number of para-hydroxylation sites is 1. The van der Waals surface area contributed by atoms with Crippen LogP contribution in [0.5, 0.6) is 5.75 Å². The number of H-pyrrole nitrogens is 1.